The Kier molecular flexibility index (Phi) is 4.79. The Labute approximate surface area is 252 Å². The molecule has 5 heterocycles. The molecule has 0 saturated carbocycles. The van der Waals surface area contributed by atoms with Gasteiger partial charge in [0.2, 0.25) is 0 Å². The summed E-state index contributed by atoms with van der Waals surface area (Å²) in [6, 6.07) is 32.5. The molecule has 4 aliphatic rings. The van der Waals surface area contributed by atoms with Gasteiger partial charge in [0.25, 0.3) is 0 Å². The molecule has 5 aromatic rings. The van der Waals surface area contributed by atoms with Crippen molar-refractivity contribution in [3.05, 3.63) is 108 Å². The van der Waals surface area contributed by atoms with Crippen LogP contribution in [-0.4, -0.2) is 23.8 Å². The summed E-state index contributed by atoms with van der Waals surface area (Å²) >= 11 is -0.603. The molecule has 4 aliphatic heterocycles. The van der Waals surface area contributed by atoms with Gasteiger partial charge >= 0.3 is 253 Å². The molecule has 0 aliphatic carbocycles. The molecular formula is C35H28N4O2Pt-2. The van der Waals surface area contributed by atoms with E-state index in [-0.39, 0.29) is 5.66 Å². The summed E-state index contributed by atoms with van der Waals surface area (Å²) in [5, 5.41) is 2.11. The van der Waals surface area contributed by atoms with Gasteiger partial charge in [0.05, 0.1) is 0 Å². The molecule has 0 N–H and O–H groups in total. The Bertz CT molecular complexity index is 2080. The third kappa shape index (κ3) is 3.19. The van der Waals surface area contributed by atoms with Gasteiger partial charge in [0.1, 0.15) is 0 Å². The second-order valence-electron chi connectivity index (χ2n) is 12.1. The van der Waals surface area contributed by atoms with Crippen molar-refractivity contribution >= 4 is 41.6 Å². The molecule has 0 spiro atoms. The van der Waals surface area contributed by atoms with Crippen LogP contribution in [0.5, 0.6) is 11.5 Å². The van der Waals surface area contributed by atoms with Gasteiger partial charge in [-0.1, -0.05) is 0 Å². The number of benzene rings is 4. The van der Waals surface area contributed by atoms with Crippen LogP contribution in [0.25, 0.3) is 21.9 Å². The predicted molar refractivity (Wildman–Crippen MR) is 163 cm³/mol. The summed E-state index contributed by atoms with van der Waals surface area (Å²) in [6.45, 7) is 9.91. The monoisotopic (exact) mass is 731 g/mol. The fraction of sp³-hybridized carbons (Fsp3) is 0.200. The molecule has 6 nitrogen and oxygen atoms in total. The minimum absolute atomic E-state index is 0.304. The van der Waals surface area contributed by atoms with E-state index in [1.165, 1.54) is 19.7 Å². The van der Waals surface area contributed by atoms with Crippen molar-refractivity contribution in [1.82, 2.24) is 9.80 Å². The van der Waals surface area contributed by atoms with Crippen LogP contribution in [0.2, 0.25) is 0 Å². The molecule has 1 aromatic heterocycles. The number of para-hydroxylation sites is 3. The first-order valence-corrected chi connectivity index (χ1v) is 16.4. The third-order valence-electron chi connectivity index (χ3n) is 8.78. The Morgan fingerprint density at radius 2 is 1.55 bits per heavy atom. The predicted octanol–water partition coefficient (Wildman–Crippen LogP) is 7.15. The summed E-state index contributed by atoms with van der Waals surface area (Å²) in [7, 11) is 0. The van der Waals surface area contributed by atoms with Crippen LogP contribution in [0.15, 0.2) is 89.6 Å². The number of furan rings is 1. The Morgan fingerprint density at radius 3 is 2.43 bits per heavy atom. The maximum absolute atomic E-state index is 6.57. The van der Waals surface area contributed by atoms with Crippen LogP contribution in [0.3, 0.4) is 0 Å². The summed E-state index contributed by atoms with van der Waals surface area (Å²) in [6.07, 6.45) is 4.50. The molecule has 6 bridgehead atoms. The number of hydrogen-bond acceptors (Lipinski definition) is 6. The van der Waals surface area contributed by atoms with Gasteiger partial charge in [-0.3, -0.25) is 0 Å². The first-order chi connectivity index (χ1) is 20.3. The van der Waals surface area contributed by atoms with E-state index in [2.05, 4.69) is 126 Å². The van der Waals surface area contributed by atoms with Gasteiger partial charge in [0, 0.05) is 0 Å². The first kappa shape index (κ1) is 24.4. The van der Waals surface area contributed by atoms with E-state index in [1.54, 1.807) is 0 Å². The van der Waals surface area contributed by atoms with E-state index in [9.17, 15) is 0 Å². The van der Waals surface area contributed by atoms with Crippen LogP contribution >= 0.6 is 0 Å². The van der Waals surface area contributed by atoms with Gasteiger partial charge in [-0.15, -0.1) is 0 Å². The quantitative estimate of drug-likeness (QED) is 0.158. The third-order valence-corrected chi connectivity index (χ3v) is 12.0. The Balaban J connectivity index is 1.37. The number of rotatable bonds is 0. The van der Waals surface area contributed by atoms with Gasteiger partial charge in [-0.2, -0.15) is 0 Å². The van der Waals surface area contributed by atoms with Crippen LogP contribution < -0.4 is 14.5 Å². The van der Waals surface area contributed by atoms with E-state index in [0.717, 1.165) is 39.6 Å². The fourth-order valence-electron chi connectivity index (χ4n) is 6.60. The minimum atomic E-state index is -0.603. The fourth-order valence-corrected chi connectivity index (χ4v) is 11.1. The molecule has 212 valence electrons. The maximum atomic E-state index is 6.57. The molecule has 0 radical (unpaired) electrons. The van der Waals surface area contributed by atoms with Crippen molar-refractivity contribution in [2.24, 2.45) is 0 Å². The molecule has 0 unspecified atom stereocenters. The molecule has 0 saturated heterocycles. The average molecular weight is 732 g/mol. The van der Waals surface area contributed by atoms with E-state index < -0.39 is 23.2 Å². The molecule has 0 atom stereocenters. The van der Waals surface area contributed by atoms with Crippen molar-refractivity contribution in [3.63, 3.8) is 0 Å². The number of anilines is 2. The van der Waals surface area contributed by atoms with E-state index in [4.69, 9.17) is 9.15 Å². The molecular weight excluding hydrogens is 703 g/mol. The Morgan fingerprint density at radius 1 is 0.762 bits per heavy atom. The van der Waals surface area contributed by atoms with Crippen molar-refractivity contribution in [1.29, 1.82) is 0 Å². The number of nitrogens with zero attached hydrogens (tertiary/aromatic N) is 4. The summed E-state index contributed by atoms with van der Waals surface area (Å²) in [4.78, 5) is 9.98. The van der Waals surface area contributed by atoms with Gasteiger partial charge in [-0.25, -0.2) is 0 Å². The van der Waals surface area contributed by atoms with Gasteiger partial charge < -0.3 is 0 Å². The number of ether oxygens (including phenoxy) is 1. The average Bonchev–Trinajstić information content (AvgIpc) is 3.66. The van der Waals surface area contributed by atoms with E-state index in [0.29, 0.717) is 11.5 Å². The number of fused-ring (bicyclic) bond motifs is 11. The van der Waals surface area contributed by atoms with Crippen molar-refractivity contribution < 1.29 is 26.8 Å². The summed E-state index contributed by atoms with van der Waals surface area (Å²) < 4.78 is 15.8. The zero-order chi connectivity index (χ0) is 28.4. The van der Waals surface area contributed by atoms with Gasteiger partial charge in [-0.05, 0) is 0 Å². The first-order valence-electron chi connectivity index (χ1n) is 14.1. The molecule has 42 heavy (non-hydrogen) atoms. The Hall–Kier alpha value is -4.15. The summed E-state index contributed by atoms with van der Waals surface area (Å²) in [5.41, 5.74) is 5.49. The van der Waals surface area contributed by atoms with Crippen molar-refractivity contribution in [3.8, 4) is 11.5 Å². The van der Waals surface area contributed by atoms with Crippen molar-refractivity contribution in [2.45, 2.75) is 45.4 Å². The van der Waals surface area contributed by atoms with Crippen LogP contribution in [0.1, 0.15) is 38.8 Å². The molecule has 0 amide bonds. The van der Waals surface area contributed by atoms with Crippen LogP contribution in [-0.2, 0) is 29.7 Å². The molecule has 7 heteroatoms. The van der Waals surface area contributed by atoms with Crippen molar-refractivity contribution in [2.75, 3.05) is 9.80 Å². The van der Waals surface area contributed by atoms with Gasteiger partial charge in [0.15, 0.2) is 0 Å². The second kappa shape index (κ2) is 8.23. The zero-order valence-electron chi connectivity index (χ0n) is 23.7. The summed E-state index contributed by atoms with van der Waals surface area (Å²) in [5.74, 6) is 1.35. The zero-order valence-corrected chi connectivity index (χ0v) is 26.0. The van der Waals surface area contributed by atoms with Crippen LogP contribution in [0.4, 0.5) is 11.4 Å². The standard InChI is InChI=1S/C35H28N4O2.Pt/c1-34(2)29-20-26(19-28-27-12-5-8-15-32(27)41-33(28)29)40-25-11-9-10-24(18-25)21-36-22-39(31-14-7-6-13-30(31)36)35(3,4)38-17-16-37(34)23-38;/h5-17,19H,21H2,1-4H3;/q-2;. The van der Waals surface area contributed by atoms with Crippen LogP contribution in [0, 0.1) is 12.1 Å². The SMILES string of the molecule is CC1(C)c2[c-]c(cc3c2oc2ccccc23)Oc2[c-]c(ccc2)CN2[C]3=[Pt]=[C]4N1C=CN4C(C)(C)N3c1ccccc12. The molecule has 9 rings (SSSR count). The van der Waals surface area contributed by atoms with E-state index in [1.807, 2.05) is 18.2 Å². The number of hydrogen-bond donors (Lipinski definition) is 0. The normalized spacial score (nSPS) is 19.6. The molecule has 0 fully saturated rings. The van der Waals surface area contributed by atoms with E-state index >= 15 is 0 Å². The molecule has 4 aromatic carbocycles. The topological polar surface area (TPSA) is 35.3 Å². The second-order valence-corrected chi connectivity index (χ2v) is 14.7.